The highest BCUT2D eigenvalue weighted by Gasteiger charge is 2.30. The van der Waals surface area contributed by atoms with Crippen LogP contribution < -0.4 is 5.32 Å². The Bertz CT molecular complexity index is 849. The molecule has 28 heavy (non-hydrogen) atoms. The molecule has 1 N–H and O–H groups in total. The molecule has 1 fully saturated rings. The normalized spacial score (nSPS) is 16.6. The van der Waals surface area contributed by atoms with E-state index in [0.717, 1.165) is 53.9 Å². The average molecular weight is 379 g/mol. The number of Topliss-reactive ketones (excluding diaryl/α,β-unsaturated/α-hetero) is 1. The summed E-state index contributed by atoms with van der Waals surface area (Å²) >= 11 is 0. The molecular formula is C24H30N2O2. The smallest absolute Gasteiger partial charge is 0.241 e. The van der Waals surface area contributed by atoms with E-state index in [-0.39, 0.29) is 23.7 Å². The number of carbonyl (C=O) groups excluding carboxylic acids is 2. The third-order valence-electron chi connectivity index (χ3n) is 5.81. The van der Waals surface area contributed by atoms with E-state index in [9.17, 15) is 9.59 Å². The molecule has 0 saturated carbocycles. The molecule has 1 heterocycles. The summed E-state index contributed by atoms with van der Waals surface area (Å²) in [5.41, 5.74) is 5.03. The van der Waals surface area contributed by atoms with Crippen LogP contribution in [0.2, 0.25) is 0 Å². The summed E-state index contributed by atoms with van der Waals surface area (Å²) in [5, 5.41) is 3.07. The first-order chi connectivity index (χ1) is 13.3. The fourth-order valence-electron chi connectivity index (χ4n) is 3.78. The molecule has 1 unspecified atom stereocenters. The molecule has 1 saturated heterocycles. The molecule has 0 bridgehead atoms. The fraction of sp³-hybridized carbons (Fsp3) is 0.417. The Morgan fingerprint density at radius 2 is 1.57 bits per heavy atom. The van der Waals surface area contributed by atoms with Crippen LogP contribution in [0.5, 0.6) is 0 Å². The number of aryl methyl sites for hydroxylation is 3. The molecule has 1 amide bonds. The van der Waals surface area contributed by atoms with E-state index in [2.05, 4.69) is 10.2 Å². The highest BCUT2D eigenvalue weighted by Crippen LogP contribution is 2.24. The minimum absolute atomic E-state index is 0.0111. The Kier molecular flexibility index (Phi) is 6.30. The number of ketones is 1. The summed E-state index contributed by atoms with van der Waals surface area (Å²) in [7, 11) is 0. The molecule has 0 radical (unpaired) electrons. The predicted octanol–water partition coefficient (Wildman–Crippen LogP) is 4.53. The maximum atomic E-state index is 12.7. The second-order valence-corrected chi connectivity index (χ2v) is 8.02. The topological polar surface area (TPSA) is 49.4 Å². The van der Waals surface area contributed by atoms with Crippen LogP contribution in [-0.4, -0.2) is 35.7 Å². The number of anilines is 1. The number of nitrogens with one attached hydrogen (secondary N) is 1. The molecule has 1 atom stereocenters. The first kappa shape index (κ1) is 20.3. The van der Waals surface area contributed by atoms with E-state index in [0.29, 0.717) is 0 Å². The van der Waals surface area contributed by atoms with Crippen molar-refractivity contribution in [1.82, 2.24) is 4.90 Å². The van der Waals surface area contributed by atoms with Gasteiger partial charge in [0.1, 0.15) is 0 Å². The van der Waals surface area contributed by atoms with Crippen molar-refractivity contribution in [3.05, 3.63) is 64.7 Å². The lowest BCUT2D eigenvalue weighted by Gasteiger charge is -2.34. The summed E-state index contributed by atoms with van der Waals surface area (Å²) in [6.07, 6.45) is 1.60. The molecule has 1 aliphatic rings. The van der Waals surface area contributed by atoms with Gasteiger partial charge in [-0.2, -0.15) is 0 Å². The molecule has 0 aliphatic carbocycles. The van der Waals surface area contributed by atoms with E-state index in [1.165, 1.54) is 0 Å². The van der Waals surface area contributed by atoms with Crippen molar-refractivity contribution in [3.8, 4) is 0 Å². The van der Waals surface area contributed by atoms with Gasteiger partial charge in [-0.15, -0.1) is 0 Å². The van der Waals surface area contributed by atoms with Crippen LogP contribution in [-0.2, 0) is 4.79 Å². The van der Waals surface area contributed by atoms with E-state index in [1.54, 1.807) is 0 Å². The molecule has 4 heteroatoms. The Morgan fingerprint density at radius 1 is 0.964 bits per heavy atom. The van der Waals surface area contributed by atoms with Crippen molar-refractivity contribution < 1.29 is 9.59 Å². The zero-order valence-electron chi connectivity index (χ0n) is 17.3. The van der Waals surface area contributed by atoms with Crippen molar-refractivity contribution in [2.24, 2.45) is 5.92 Å². The van der Waals surface area contributed by atoms with Gasteiger partial charge in [0.05, 0.1) is 6.04 Å². The first-order valence-electron chi connectivity index (χ1n) is 10.1. The largest absolute Gasteiger partial charge is 0.324 e. The molecule has 2 aromatic rings. The fourth-order valence-corrected chi connectivity index (χ4v) is 3.78. The minimum atomic E-state index is -0.213. The summed E-state index contributed by atoms with van der Waals surface area (Å²) < 4.78 is 0. The van der Waals surface area contributed by atoms with Gasteiger partial charge in [0, 0.05) is 17.2 Å². The average Bonchev–Trinajstić information content (AvgIpc) is 2.70. The number of hydrogen-bond donors (Lipinski definition) is 1. The summed E-state index contributed by atoms with van der Waals surface area (Å²) in [5.74, 6) is 0.289. The monoisotopic (exact) mass is 378 g/mol. The number of carbonyl (C=O) groups is 2. The molecule has 148 valence electrons. The third kappa shape index (κ3) is 4.68. The third-order valence-corrected chi connectivity index (χ3v) is 5.81. The number of nitrogens with zero attached hydrogens (tertiary/aromatic N) is 1. The van der Waals surface area contributed by atoms with Gasteiger partial charge in [-0.05, 0) is 70.8 Å². The number of amides is 1. The van der Waals surface area contributed by atoms with E-state index in [1.807, 2.05) is 70.2 Å². The van der Waals surface area contributed by atoms with Gasteiger partial charge < -0.3 is 5.32 Å². The van der Waals surface area contributed by atoms with Crippen molar-refractivity contribution in [1.29, 1.82) is 0 Å². The van der Waals surface area contributed by atoms with Crippen molar-refractivity contribution in [2.75, 3.05) is 18.4 Å². The second kappa shape index (κ2) is 8.70. The SMILES string of the molecule is Cc1ccc(C(=O)C2CCN(C(C)C(=O)Nc3cc(C)ccc3C)CC2)cc1. The van der Waals surface area contributed by atoms with E-state index in [4.69, 9.17) is 0 Å². The molecule has 0 aromatic heterocycles. The van der Waals surface area contributed by atoms with Crippen LogP contribution >= 0.6 is 0 Å². The van der Waals surface area contributed by atoms with Crippen molar-refractivity contribution >= 4 is 17.4 Å². The molecule has 4 nitrogen and oxygen atoms in total. The zero-order chi connectivity index (χ0) is 20.3. The summed E-state index contributed by atoms with van der Waals surface area (Å²) in [6.45, 7) is 9.53. The van der Waals surface area contributed by atoms with Crippen molar-refractivity contribution in [2.45, 2.75) is 46.6 Å². The van der Waals surface area contributed by atoms with E-state index >= 15 is 0 Å². The molecule has 0 spiro atoms. The van der Waals surface area contributed by atoms with Gasteiger partial charge in [-0.1, -0.05) is 42.0 Å². The molecule has 1 aliphatic heterocycles. The number of likely N-dealkylation sites (tertiary alicyclic amines) is 1. The van der Waals surface area contributed by atoms with Gasteiger partial charge in [0.15, 0.2) is 5.78 Å². The molecule has 2 aromatic carbocycles. The lowest BCUT2D eigenvalue weighted by Crippen LogP contribution is -2.47. The highest BCUT2D eigenvalue weighted by atomic mass is 16.2. The van der Waals surface area contributed by atoms with Crippen LogP contribution in [0.3, 0.4) is 0 Å². The quantitative estimate of drug-likeness (QED) is 0.778. The lowest BCUT2D eigenvalue weighted by molar-refractivity contribution is -0.121. The molecule has 3 rings (SSSR count). The Labute approximate surface area is 167 Å². The lowest BCUT2D eigenvalue weighted by atomic mass is 9.88. The van der Waals surface area contributed by atoms with E-state index < -0.39 is 0 Å². The van der Waals surface area contributed by atoms with Gasteiger partial charge in [-0.3, -0.25) is 14.5 Å². The maximum Gasteiger partial charge on any atom is 0.241 e. The standard InChI is InChI=1S/C24H30N2O2/c1-16-6-9-20(10-7-16)23(27)21-11-13-26(14-12-21)19(4)24(28)25-22-15-17(2)5-8-18(22)3/h5-10,15,19,21H,11-14H2,1-4H3,(H,25,28). The Morgan fingerprint density at radius 3 is 2.21 bits per heavy atom. The van der Waals surface area contributed by atoms with Crippen molar-refractivity contribution in [3.63, 3.8) is 0 Å². The number of hydrogen-bond acceptors (Lipinski definition) is 3. The number of benzene rings is 2. The van der Waals surface area contributed by atoms with Crippen LogP contribution in [0.15, 0.2) is 42.5 Å². The number of piperidine rings is 1. The summed E-state index contributed by atoms with van der Waals surface area (Å²) in [6, 6.07) is 13.7. The van der Waals surface area contributed by atoms with Gasteiger partial charge in [0.25, 0.3) is 0 Å². The molecular weight excluding hydrogens is 348 g/mol. The second-order valence-electron chi connectivity index (χ2n) is 8.02. The van der Waals surface area contributed by atoms with Crippen LogP contribution in [0.4, 0.5) is 5.69 Å². The Balaban J connectivity index is 1.56. The zero-order valence-corrected chi connectivity index (χ0v) is 17.3. The maximum absolute atomic E-state index is 12.7. The van der Waals surface area contributed by atoms with Crippen LogP contribution in [0.1, 0.15) is 46.8 Å². The van der Waals surface area contributed by atoms with Crippen LogP contribution in [0.25, 0.3) is 0 Å². The van der Waals surface area contributed by atoms with Gasteiger partial charge in [-0.25, -0.2) is 0 Å². The van der Waals surface area contributed by atoms with Gasteiger partial charge >= 0.3 is 0 Å². The number of rotatable bonds is 5. The van der Waals surface area contributed by atoms with Gasteiger partial charge in [0.2, 0.25) is 5.91 Å². The van der Waals surface area contributed by atoms with Crippen LogP contribution in [0, 0.1) is 26.7 Å². The highest BCUT2D eigenvalue weighted by molar-refractivity contribution is 5.98. The first-order valence-corrected chi connectivity index (χ1v) is 10.1. The minimum Gasteiger partial charge on any atom is -0.324 e. The Hall–Kier alpha value is -2.46. The summed E-state index contributed by atoms with van der Waals surface area (Å²) in [4.78, 5) is 27.6. The predicted molar refractivity (Wildman–Crippen MR) is 114 cm³/mol.